The number of carbonyl (C=O) groups is 2. The zero-order valence-electron chi connectivity index (χ0n) is 18.2. The second-order valence-electron chi connectivity index (χ2n) is 8.19. The average molecular weight is 415 g/mol. The first kappa shape index (κ1) is 22.3. The Balaban J connectivity index is 1.66. The lowest BCUT2D eigenvalue weighted by Gasteiger charge is -2.22. The molecule has 6 heteroatoms. The van der Waals surface area contributed by atoms with E-state index in [2.05, 4.69) is 5.32 Å². The first-order valence-corrected chi connectivity index (χ1v) is 11.1. The number of likely N-dealkylation sites (tertiary alicyclic amines) is 1. The van der Waals surface area contributed by atoms with Gasteiger partial charge < -0.3 is 19.7 Å². The molecule has 1 heterocycles. The van der Waals surface area contributed by atoms with Gasteiger partial charge in [-0.2, -0.15) is 0 Å². The standard InChI is InChI=1S/C24H34N2O4/c1-3-29-24(28)21(14-18-8-10-22(11-9-18)30-13-12-25-2)15-23(27)26-16-19-6-4-5-7-20(19)17-26/h8-11,14,19-20,25H,3-7,12-13,15-17H2,1-2H3/b21-14+/t19-,20+. The van der Waals surface area contributed by atoms with Gasteiger partial charge in [0.2, 0.25) is 5.91 Å². The van der Waals surface area contributed by atoms with E-state index in [0.717, 1.165) is 30.9 Å². The average Bonchev–Trinajstić information content (AvgIpc) is 3.19. The Morgan fingerprint density at radius 3 is 2.40 bits per heavy atom. The molecule has 1 aliphatic carbocycles. The molecule has 0 bridgehead atoms. The van der Waals surface area contributed by atoms with Crippen molar-refractivity contribution in [2.45, 2.75) is 39.0 Å². The Bertz CT molecular complexity index is 730. The molecule has 2 aliphatic rings. The molecule has 1 aromatic carbocycles. The van der Waals surface area contributed by atoms with Crippen LogP contribution in [-0.2, 0) is 14.3 Å². The molecule has 0 radical (unpaired) electrons. The van der Waals surface area contributed by atoms with Gasteiger partial charge in [-0.1, -0.05) is 25.0 Å². The molecule has 1 saturated heterocycles. The maximum absolute atomic E-state index is 13.0. The molecule has 0 spiro atoms. The topological polar surface area (TPSA) is 67.9 Å². The number of nitrogens with zero attached hydrogens (tertiary/aromatic N) is 1. The van der Waals surface area contributed by atoms with E-state index in [4.69, 9.17) is 9.47 Å². The molecule has 1 N–H and O–H groups in total. The van der Waals surface area contributed by atoms with E-state index in [1.807, 2.05) is 36.2 Å². The van der Waals surface area contributed by atoms with Gasteiger partial charge in [0.05, 0.1) is 13.0 Å². The van der Waals surface area contributed by atoms with Crippen LogP contribution in [0, 0.1) is 11.8 Å². The quantitative estimate of drug-likeness (QED) is 0.382. The molecule has 0 unspecified atom stereocenters. The number of fused-ring (bicyclic) bond motifs is 1. The Morgan fingerprint density at radius 2 is 1.80 bits per heavy atom. The van der Waals surface area contributed by atoms with Gasteiger partial charge in [0.1, 0.15) is 12.4 Å². The predicted octanol–water partition coefficient (Wildman–Crippen LogP) is 3.27. The number of carbonyl (C=O) groups excluding carboxylic acids is 2. The first-order chi connectivity index (χ1) is 14.6. The summed E-state index contributed by atoms with van der Waals surface area (Å²) in [6, 6.07) is 7.53. The number of benzene rings is 1. The van der Waals surface area contributed by atoms with Crippen molar-refractivity contribution in [3.05, 3.63) is 35.4 Å². The number of nitrogens with one attached hydrogen (secondary N) is 1. The molecule has 30 heavy (non-hydrogen) atoms. The monoisotopic (exact) mass is 414 g/mol. The van der Waals surface area contributed by atoms with Crippen molar-refractivity contribution in [1.82, 2.24) is 10.2 Å². The molecular weight excluding hydrogens is 380 g/mol. The molecule has 1 amide bonds. The van der Waals surface area contributed by atoms with Crippen molar-refractivity contribution in [1.29, 1.82) is 0 Å². The van der Waals surface area contributed by atoms with E-state index in [0.29, 0.717) is 24.0 Å². The smallest absolute Gasteiger partial charge is 0.334 e. The van der Waals surface area contributed by atoms with E-state index in [9.17, 15) is 9.59 Å². The number of hydrogen-bond acceptors (Lipinski definition) is 5. The minimum Gasteiger partial charge on any atom is -0.492 e. The minimum atomic E-state index is -0.420. The normalized spacial score (nSPS) is 21.3. The van der Waals surface area contributed by atoms with Crippen LogP contribution in [-0.4, -0.2) is 56.7 Å². The van der Waals surface area contributed by atoms with E-state index in [1.165, 1.54) is 25.7 Å². The summed E-state index contributed by atoms with van der Waals surface area (Å²) >= 11 is 0. The highest BCUT2D eigenvalue weighted by atomic mass is 16.5. The van der Waals surface area contributed by atoms with Crippen LogP contribution in [0.15, 0.2) is 29.8 Å². The second-order valence-corrected chi connectivity index (χ2v) is 8.19. The van der Waals surface area contributed by atoms with Crippen molar-refractivity contribution in [3.63, 3.8) is 0 Å². The highest BCUT2D eigenvalue weighted by Crippen LogP contribution is 2.36. The largest absolute Gasteiger partial charge is 0.492 e. The van der Waals surface area contributed by atoms with Crippen LogP contribution in [0.2, 0.25) is 0 Å². The second kappa shape index (κ2) is 11.2. The fourth-order valence-corrected chi connectivity index (χ4v) is 4.42. The van der Waals surface area contributed by atoms with Crippen LogP contribution in [0.25, 0.3) is 6.08 Å². The van der Waals surface area contributed by atoms with Gasteiger partial charge >= 0.3 is 5.97 Å². The molecule has 164 valence electrons. The summed E-state index contributed by atoms with van der Waals surface area (Å²) in [7, 11) is 1.88. The number of esters is 1. The first-order valence-electron chi connectivity index (χ1n) is 11.1. The summed E-state index contributed by atoms with van der Waals surface area (Å²) in [4.78, 5) is 27.4. The molecule has 3 rings (SSSR count). The molecule has 1 saturated carbocycles. The third-order valence-electron chi connectivity index (χ3n) is 6.05. The molecule has 0 aromatic heterocycles. The number of hydrogen-bond donors (Lipinski definition) is 1. The maximum atomic E-state index is 13.0. The maximum Gasteiger partial charge on any atom is 0.334 e. The molecule has 2 fully saturated rings. The number of amides is 1. The summed E-state index contributed by atoms with van der Waals surface area (Å²) in [5.41, 5.74) is 1.25. The van der Waals surface area contributed by atoms with E-state index in [1.54, 1.807) is 13.0 Å². The number of rotatable bonds is 9. The van der Waals surface area contributed by atoms with Gasteiger partial charge in [0, 0.05) is 25.2 Å². The van der Waals surface area contributed by atoms with Crippen LogP contribution in [0.1, 0.15) is 44.6 Å². The van der Waals surface area contributed by atoms with Crippen LogP contribution < -0.4 is 10.1 Å². The third kappa shape index (κ3) is 6.08. The van der Waals surface area contributed by atoms with Gasteiger partial charge in [-0.3, -0.25) is 4.79 Å². The van der Waals surface area contributed by atoms with Gasteiger partial charge in [-0.25, -0.2) is 4.79 Å². The predicted molar refractivity (Wildman–Crippen MR) is 117 cm³/mol. The Hall–Kier alpha value is -2.34. The third-order valence-corrected chi connectivity index (χ3v) is 6.05. The SMILES string of the molecule is CCOC(=O)/C(=C/c1ccc(OCCNC)cc1)CC(=O)N1C[C@H]2CCCC[C@H]2C1. The summed E-state index contributed by atoms with van der Waals surface area (Å²) in [5, 5.41) is 3.04. The van der Waals surface area contributed by atoms with Crippen molar-refractivity contribution in [2.75, 3.05) is 39.9 Å². The van der Waals surface area contributed by atoms with Crippen molar-refractivity contribution >= 4 is 18.0 Å². The Morgan fingerprint density at radius 1 is 1.13 bits per heavy atom. The number of ether oxygens (including phenoxy) is 2. The summed E-state index contributed by atoms with van der Waals surface area (Å²) in [5.74, 6) is 1.64. The fourth-order valence-electron chi connectivity index (χ4n) is 4.42. The zero-order chi connectivity index (χ0) is 21.3. The van der Waals surface area contributed by atoms with Gasteiger partial charge in [-0.05, 0) is 62.4 Å². The molecule has 6 nitrogen and oxygen atoms in total. The lowest BCUT2D eigenvalue weighted by molar-refractivity contribution is -0.140. The number of likely N-dealkylation sites (N-methyl/N-ethyl adjacent to an activating group) is 1. The zero-order valence-corrected chi connectivity index (χ0v) is 18.2. The fraction of sp³-hybridized carbons (Fsp3) is 0.583. The molecule has 1 aliphatic heterocycles. The van der Waals surface area contributed by atoms with E-state index < -0.39 is 5.97 Å². The Kier molecular flexibility index (Phi) is 8.31. The van der Waals surface area contributed by atoms with Crippen molar-refractivity contribution < 1.29 is 19.1 Å². The van der Waals surface area contributed by atoms with Gasteiger partial charge in [0.25, 0.3) is 0 Å². The van der Waals surface area contributed by atoms with Crippen molar-refractivity contribution in [2.24, 2.45) is 11.8 Å². The lowest BCUT2D eigenvalue weighted by Crippen LogP contribution is -2.30. The highest BCUT2D eigenvalue weighted by molar-refractivity contribution is 5.99. The van der Waals surface area contributed by atoms with E-state index >= 15 is 0 Å². The van der Waals surface area contributed by atoms with Crippen LogP contribution >= 0.6 is 0 Å². The summed E-state index contributed by atoms with van der Waals surface area (Å²) < 4.78 is 10.8. The molecule has 2 atom stereocenters. The molecule has 1 aromatic rings. The highest BCUT2D eigenvalue weighted by Gasteiger charge is 2.36. The molecular formula is C24H34N2O4. The minimum absolute atomic E-state index is 0.0238. The van der Waals surface area contributed by atoms with Crippen LogP contribution in [0.4, 0.5) is 0 Å². The van der Waals surface area contributed by atoms with Crippen molar-refractivity contribution in [3.8, 4) is 5.75 Å². The van der Waals surface area contributed by atoms with Crippen LogP contribution in [0.3, 0.4) is 0 Å². The summed E-state index contributed by atoms with van der Waals surface area (Å²) in [6.45, 7) is 5.09. The Labute approximate surface area is 179 Å². The van der Waals surface area contributed by atoms with Gasteiger partial charge in [-0.15, -0.1) is 0 Å². The van der Waals surface area contributed by atoms with Gasteiger partial charge in [0.15, 0.2) is 0 Å². The summed E-state index contributed by atoms with van der Waals surface area (Å²) in [6.07, 6.45) is 6.82. The van der Waals surface area contributed by atoms with E-state index in [-0.39, 0.29) is 18.9 Å². The van der Waals surface area contributed by atoms with Crippen LogP contribution in [0.5, 0.6) is 5.75 Å². The lowest BCUT2D eigenvalue weighted by atomic mass is 9.82.